The molecular weight excluding hydrogens is 238 g/mol. The van der Waals surface area contributed by atoms with Gasteiger partial charge in [-0.05, 0) is 38.3 Å². The summed E-state index contributed by atoms with van der Waals surface area (Å²) in [5.74, 6) is 0.484. The molecule has 4 heteroatoms. The van der Waals surface area contributed by atoms with E-state index in [1.807, 2.05) is 45.0 Å². The van der Waals surface area contributed by atoms with Crippen LogP contribution in [0.4, 0.5) is 0 Å². The Morgan fingerprint density at radius 1 is 1.26 bits per heavy atom. The molecule has 1 aromatic rings. The van der Waals surface area contributed by atoms with E-state index >= 15 is 0 Å². The number of hydrogen-bond acceptors (Lipinski definition) is 3. The Kier molecular flexibility index (Phi) is 3.60. The molecule has 1 aliphatic heterocycles. The van der Waals surface area contributed by atoms with Crippen molar-refractivity contribution in [3.05, 3.63) is 35.4 Å². The van der Waals surface area contributed by atoms with Crippen LogP contribution in [0, 0.1) is 0 Å². The van der Waals surface area contributed by atoms with Gasteiger partial charge in [-0.15, -0.1) is 0 Å². The summed E-state index contributed by atoms with van der Waals surface area (Å²) in [5.41, 5.74) is 2.08. The number of aliphatic imine (C=N–C) groups is 1. The van der Waals surface area contributed by atoms with Crippen molar-refractivity contribution >= 4 is 11.9 Å². The predicted octanol–water partition coefficient (Wildman–Crippen LogP) is 2.16. The zero-order valence-electron chi connectivity index (χ0n) is 11.9. The van der Waals surface area contributed by atoms with Crippen molar-refractivity contribution in [1.29, 1.82) is 0 Å². The molecule has 102 valence electrons. The van der Waals surface area contributed by atoms with Gasteiger partial charge in [-0.1, -0.05) is 31.2 Å². The van der Waals surface area contributed by atoms with Gasteiger partial charge in [0, 0.05) is 5.54 Å². The van der Waals surface area contributed by atoms with Crippen LogP contribution < -0.4 is 10.6 Å². The summed E-state index contributed by atoms with van der Waals surface area (Å²) in [6.45, 7) is 8.21. The van der Waals surface area contributed by atoms with Crippen LogP contribution >= 0.6 is 0 Å². The first kappa shape index (κ1) is 13.6. The van der Waals surface area contributed by atoms with Gasteiger partial charge in [-0.3, -0.25) is 10.1 Å². The van der Waals surface area contributed by atoms with Gasteiger partial charge in [0.15, 0.2) is 12.0 Å². The lowest BCUT2D eigenvalue weighted by Crippen LogP contribution is -2.46. The van der Waals surface area contributed by atoms with Gasteiger partial charge in [-0.25, -0.2) is 4.99 Å². The number of rotatable bonds is 2. The molecule has 1 heterocycles. The molecule has 0 spiro atoms. The number of guanidine groups is 1. The molecule has 0 aliphatic carbocycles. The smallest absolute Gasteiger partial charge is 0.256 e. The third-order valence-corrected chi connectivity index (χ3v) is 2.95. The van der Waals surface area contributed by atoms with Gasteiger partial charge < -0.3 is 5.32 Å². The molecule has 1 amide bonds. The van der Waals surface area contributed by atoms with E-state index < -0.39 is 6.04 Å². The zero-order chi connectivity index (χ0) is 14.0. The topological polar surface area (TPSA) is 53.5 Å². The summed E-state index contributed by atoms with van der Waals surface area (Å²) >= 11 is 0. The molecule has 0 saturated carbocycles. The summed E-state index contributed by atoms with van der Waals surface area (Å²) in [6.07, 6.45) is 0.997. The first-order chi connectivity index (χ1) is 8.89. The number of nitrogens with zero attached hydrogens (tertiary/aromatic N) is 1. The maximum atomic E-state index is 12.0. The highest BCUT2D eigenvalue weighted by Gasteiger charge is 2.29. The molecule has 0 saturated heterocycles. The monoisotopic (exact) mass is 259 g/mol. The number of amides is 1. The van der Waals surface area contributed by atoms with Crippen LogP contribution in [0.25, 0.3) is 0 Å². The summed E-state index contributed by atoms with van der Waals surface area (Å²) in [4.78, 5) is 16.4. The SMILES string of the molecule is CCc1ccc(C2N=C(NC(C)(C)C)NC2=O)cc1. The second-order valence-electron chi connectivity index (χ2n) is 5.84. The number of hydrogen-bond donors (Lipinski definition) is 2. The first-order valence-corrected chi connectivity index (χ1v) is 6.65. The standard InChI is InChI=1S/C15H21N3O/c1-5-10-6-8-11(9-7-10)12-13(19)17-14(16-12)18-15(2,3)4/h6-9,12H,5H2,1-4H3,(H2,16,17,18,19). The Labute approximate surface area is 114 Å². The Hall–Kier alpha value is -1.84. The number of carbonyl (C=O) groups is 1. The van der Waals surface area contributed by atoms with Gasteiger partial charge in [0.25, 0.3) is 5.91 Å². The maximum absolute atomic E-state index is 12.0. The van der Waals surface area contributed by atoms with E-state index in [-0.39, 0.29) is 11.4 Å². The first-order valence-electron chi connectivity index (χ1n) is 6.65. The van der Waals surface area contributed by atoms with Gasteiger partial charge in [0.05, 0.1) is 0 Å². The lowest BCUT2D eigenvalue weighted by molar-refractivity contribution is -0.120. The third kappa shape index (κ3) is 3.34. The minimum atomic E-state index is -0.434. The molecule has 0 radical (unpaired) electrons. The molecule has 2 rings (SSSR count). The molecule has 1 aliphatic rings. The second-order valence-corrected chi connectivity index (χ2v) is 5.84. The lowest BCUT2D eigenvalue weighted by atomic mass is 10.0. The van der Waals surface area contributed by atoms with E-state index in [2.05, 4.69) is 22.5 Å². The molecule has 0 bridgehead atoms. The van der Waals surface area contributed by atoms with E-state index in [1.54, 1.807) is 0 Å². The quantitative estimate of drug-likeness (QED) is 0.855. The van der Waals surface area contributed by atoms with Crippen LogP contribution in [-0.4, -0.2) is 17.4 Å². The van der Waals surface area contributed by atoms with E-state index in [0.717, 1.165) is 12.0 Å². The van der Waals surface area contributed by atoms with Crippen molar-refractivity contribution in [2.24, 2.45) is 4.99 Å². The maximum Gasteiger partial charge on any atom is 0.256 e. The number of aryl methyl sites for hydroxylation is 1. The predicted molar refractivity (Wildman–Crippen MR) is 77.0 cm³/mol. The largest absolute Gasteiger partial charge is 0.351 e. The molecule has 0 fully saturated rings. The highest BCUT2D eigenvalue weighted by Crippen LogP contribution is 2.22. The van der Waals surface area contributed by atoms with E-state index in [9.17, 15) is 4.79 Å². The van der Waals surface area contributed by atoms with E-state index in [1.165, 1.54) is 5.56 Å². The van der Waals surface area contributed by atoms with Crippen LogP contribution in [0.1, 0.15) is 44.9 Å². The van der Waals surface area contributed by atoms with Crippen molar-refractivity contribution in [2.45, 2.75) is 45.7 Å². The molecule has 1 atom stereocenters. The average molecular weight is 259 g/mol. The van der Waals surface area contributed by atoms with Crippen LogP contribution in [0.15, 0.2) is 29.3 Å². The second kappa shape index (κ2) is 5.03. The van der Waals surface area contributed by atoms with Gasteiger partial charge in [0.1, 0.15) is 0 Å². The number of benzene rings is 1. The minimum Gasteiger partial charge on any atom is -0.351 e. The van der Waals surface area contributed by atoms with E-state index in [4.69, 9.17) is 0 Å². The van der Waals surface area contributed by atoms with Crippen LogP contribution in [0.5, 0.6) is 0 Å². The summed E-state index contributed by atoms with van der Waals surface area (Å²) in [5, 5.41) is 5.98. The van der Waals surface area contributed by atoms with Crippen molar-refractivity contribution in [3.63, 3.8) is 0 Å². The Morgan fingerprint density at radius 2 is 1.89 bits per heavy atom. The molecule has 19 heavy (non-hydrogen) atoms. The highest BCUT2D eigenvalue weighted by molar-refractivity contribution is 6.05. The van der Waals surface area contributed by atoms with Gasteiger partial charge in [-0.2, -0.15) is 0 Å². The molecule has 4 nitrogen and oxygen atoms in total. The molecule has 1 unspecified atom stereocenters. The molecule has 0 aromatic heterocycles. The number of nitrogens with one attached hydrogen (secondary N) is 2. The Morgan fingerprint density at radius 3 is 2.42 bits per heavy atom. The molecule has 2 N–H and O–H groups in total. The highest BCUT2D eigenvalue weighted by atomic mass is 16.2. The molecular formula is C15H21N3O. The van der Waals surface area contributed by atoms with Crippen molar-refractivity contribution in [2.75, 3.05) is 0 Å². The van der Waals surface area contributed by atoms with Crippen molar-refractivity contribution in [3.8, 4) is 0 Å². The normalized spacial score (nSPS) is 19.1. The molecule has 1 aromatic carbocycles. The van der Waals surface area contributed by atoms with Crippen molar-refractivity contribution in [1.82, 2.24) is 10.6 Å². The fourth-order valence-electron chi connectivity index (χ4n) is 1.99. The van der Waals surface area contributed by atoms with Crippen LogP contribution in [0.3, 0.4) is 0 Å². The lowest BCUT2D eigenvalue weighted by Gasteiger charge is -2.21. The number of carbonyl (C=O) groups excluding carboxylic acids is 1. The minimum absolute atomic E-state index is 0.0731. The Bertz CT molecular complexity index is 497. The van der Waals surface area contributed by atoms with Crippen LogP contribution in [-0.2, 0) is 11.2 Å². The Balaban J connectivity index is 2.17. The summed E-state index contributed by atoms with van der Waals surface area (Å²) in [7, 11) is 0. The summed E-state index contributed by atoms with van der Waals surface area (Å²) in [6, 6.07) is 7.62. The van der Waals surface area contributed by atoms with Gasteiger partial charge in [0.2, 0.25) is 0 Å². The van der Waals surface area contributed by atoms with Gasteiger partial charge >= 0.3 is 0 Å². The zero-order valence-corrected chi connectivity index (χ0v) is 11.9. The fourth-order valence-corrected chi connectivity index (χ4v) is 1.99. The van der Waals surface area contributed by atoms with E-state index in [0.29, 0.717) is 5.96 Å². The van der Waals surface area contributed by atoms with Crippen molar-refractivity contribution < 1.29 is 4.79 Å². The van der Waals surface area contributed by atoms with Crippen LogP contribution in [0.2, 0.25) is 0 Å². The summed E-state index contributed by atoms with van der Waals surface area (Å²) < 4.78 is 0. The fraction of sp³-hybridized carbons (Fsp3) is 0.467. The average Bonchev–Trinajstić information content (AvgIpc) is 2.68. The third-order valence-electron chi connectivity index (χ3n) is 2.95.